The van der Waals surface area contributed by atoms with Crippen molar-refractivity contribution in [2.45, 2.75) is 38.3 Å². The first-order chi connectivity index (χ1) is 19.5. The van der Waals surface area contributed by atoms with Crippen molar-refractivity contribution in [2.24, 2.45) is 0 Å². The van der Waals surface area contributed by atoms with Gasteiger partial charge in [-0.15, -0.1) is 0 Å². The van der Waals surface area contributed by atoms with Crippen LogP contribution in [0.15, 0.2) is 65.6 Å². The summed E-state index contributed by atoms with van der Waals surface area (Å²) >= 11 is 0. The number of carbonyl (C=O) groups is 1. The van der Waals surface area contributed by atoms with Crippen LogP contribution in [0.3, 0.4) is 0 Å². The van der Waals surface area contributed by atoms with Crippen LogP contribution in [0.2, 0.25) is 0 Å². The van der Waals surface area contributed by atoms with E-state index in [2.05, 4.69) is 15.6 Å². The lowest BCUT2D eigenvalue weighted by Crippen LogP contribution is -2.44. The molecule has 40 heavy (non-hydrogen) atoms. The number of carbonyl (C=O) groups excluding carboxylic acids is 1. The van der Waals surface area contributed by atoms with Gasteiger partial charge in [-0.1, -0.05) is 24.3 Å². The number of anilines is 2. The van der Waals surface area contributed by atoms with Gasteiger partial charge in [0.05, 0.1) is 12.6 Å². The van der Waals surface area contributed by atoms with E-state index < -0.39 is 0 Å². The second-order valence-corrected chi connectivity index (χ2v) is 10.4. The van der Waals surface area contributed by atoms with E-state index in [4.69, 9.17) is 9.72 Å². The van der Waals surface area contributed by atoms with Gasteiger partial charge in [0.1, 0.15) is 11.5 Å². The van der Waals surface area contributed by atoms with E-state index in [1.807, 2.05) is 37.3 Å². The van der Waals surface area contributed by atoms with Crippen molar-refractivity contribution in [3.05, 3.63) is 82.5 Å². The predicted octanol–water partition coefficient (Wildman–Crippen LogP) is 4.98. The molecule has 2 N–H and O–H groups in total. The topological polar surface area (TPSA) is 101 Å². The number of aryl methyl sites for hydroxylation is 1. The Morgan fingerprint density at radius 3 is 2.55 bits per heavy atom. The van der Waals surface area contributed by atoms with Crippen LogP contribution < -0.4 is 16.2 Å². The third kappa shape index (κ3) is 5.27. The molecule has 6 rings (SSSR count). The molecule has 4 heterocycles. The molecule has 9 nitrogen and oxygen atoms in total. The Kier molecular flexibility index (Phi) is 7.17. The van der Waals surface area contributed by atoms with Crippen LogP contribution >= 0.6 is 0 Å². The number of likely N-dealkylation sites (tertiary alicyclic amines) is 1. The zero-order chi connectivity index (χ0) is 27.6. The number of amides is 2. The molecule has 0 aliphatic carbocycles. The number of hydrogen-bond donors (Lipinski definition) is 2. The summed E-state index contributed by atoms with van der Waals surface area (Å²) in [5.41, 5.74) is 3.63. The molecular weight excluding hydrogens is 511 g/mol. The van der Waals surface area contributed by atoms with Gasteiger partial charge >= 0.3 is 6.03 Å². The van der Waals surface area contributed by atoms with Crippen molar-refractivity contribution in [2.75, 3.05) is 36.9 Å². The SMILES string of the molecule is Cc1ccccc1-c1cc2cnc(NC3CCN(C(=O)Nc4ccc(F)cc4)CC3)nc2n([C@H]2CCOC2)c1=O. The molecule has 2 fully saturated rings. The number of rotatable bonds is 5. The summed E-state index contributed by atoms with van der Waals surface area (Å²) in [6, 6.07) is 15.3. The van der Waals surface area contributed by atoms with Gasteiger partial charge in [0.2, 0.25) is 5.95 Å². The number of nitrogens with one attached hydrogen (secondary N) is 2. The monoisotopic (exact) mass is 542 g/mol. The number of pyridine rings is 1. The number of fused-ring (bicyclic) bond motifs is 1. The lowest BCUT2D eigenvalue weighted by Gasteiger charge is -2.32. The molecule has 0 saturated carbocycles. The Bertz CT molecular complexity index is 1590. The second-order valence-electron chi connectivity index (χ2n) is 10.4. The minimum absolute atomic E-state index is 0.0774. The molecule has 4 aromatic rings. The Morgan fingerprint density at radius 1 is 1.05 bits per heavy atom. The predicted molar refractivity (Wildman–Crippen MR) is 152 cm³/mol. The van der Waals surface area contributed by atoms with Crippen molar-refractivity contribution < 1.29 is 13.9 Å². The number of urea groups is 1. The molecule has 0 radical (unpaired) electrons. The van der Waals surface area contributed by atoms with Crippen molar-refractivity contribution in [1.29, 1.82) is 0 Å². The van der Waals surface area contributed by atoms with E-state index in [-0.39, 0.29) is 29.5 Å². The highest BCUT2D eigenvalue weighted by Gasteiger charge is 2.26. The largest absolute Gasteiger partial charge is 0.379 e. The number of benzene rings is 2. The maximum atomic E-state index is 13.8. The highest BCUT2D eigenvalue weighted by atomic mass is 19.1. The van der Waals surface area contributed by atoms with Crippen LogP contribution in [0.1, 0.15) is 30.9 Å². The first-order valence-electron chi connectivity index (χ1n) is 13.6. The zero-order valence-electron chi connectivity index (χ0n) is 22.3. The third-order valence-electron chi connectivity index (χ3n) is 7.69. The summed E-state index contributed by atoms with van der Waals surface area (Å²) in [5, 5.41) is 7.02. The van der Waals surface area contributed by atoms with Crippen LogP contribution in [-0.2, 0) is 4.74 Å². The number of nitrogens with zero attached hydrogens (tertiary/aromatic N) is 4. The standard InChI is InChI=1S/C30H31FN6O3/c1-19-4-2-3-5-25(19)26-16-20-17-32-29(35-27(20)37(28(26)38)24-12-15-40-18-24)33-23-10-13-36(14-11-23)30(39)34-22-8-6-21(31)7-9-22/h2-9,16-17,23-24H,10-15,18H2,1H3,(H,34,39)(H,32,33,35)/t24-/m0/s1. The molecule has 2 amide bonds. The number of ether oxygens (including phenoxy) is 1. The molecule has 10 heteroatoms. The van der Waals surface area contributed by atoms with Crippen LogP contribution in [0.25, 0.3) is 22.2 Å². The van der Waals surface area contributed by atoms with Crippen LogP contribution in [-0.4, -0.2) is 57.8 Å². The molecule has 2 aromatic carbocycles. The van der Waals surface area contributed by atoms with Gasteiger partial charge in [-0.05, 0) is 67.6 Å². The van der Waals surface area contributed by atoms with Crippen molar-refractivity contribution in [3.8, 4) is 11.1 Å². The Hall–Kier alpha value is -4.31. The average molecular weight is 543 g/mol. The number of halogens is 1. The maximum Gasteiger partial charge on any atom is 0.321 e. The van der Waals surface area contributed by atoms with E-state index in [1.54, 1.807) is 27.8 Å². The summed E-state index contributed by atoms with van der Waals surface area (Å²) in [4.78, 5) is 37.6. The number of hydrogen-bond acceptors (Lipinski definition) is 6. The lowest BCUT2D eigenvalue weighted by atomic mass is 10.0. The molecule has 2 aromatic heterocycles. The molecule has 206 valence electrons. The van der Waals surface area contributed by atoms with Crippen LogP contribution in [0.5, 0.6) is 0 Å². The summed E-state index contributed by atoms with van der Waals surface area (Å²) in [6.45, 7) is 4.20. The van der Waals surface area contributed by atoms with Crippen LogP contribution in [0.4, 0.5) is 20.8 Å². The molecule has 2 aliphatic heterocycles. The van der Waals surface area contributed by atoms with Gasteiger partial charge in [-0.3, -0.25) is 9.36 Å². The molecule has 0 bridgehead atoms. The molecular formula is C30H31FN6O3. The van der Waals surface area contributed by atoms with E-state index in [0.717, 1.165) is 22.9 Å². The summed E-state index contributed by atoms with van der Waals surface area (Å²) in [7, 11) is 0. The third-order valence-corrected chi connectivity index (χ3v) is 7.69. The van der Waals surface area contributed by atoms with Crippen molar-refractivity contribution >= 4 is 28.7 Å². The normalized spacial score (nSPS) is 17.8. The highest BCUT2D eigenvalue weighted by Crippen LogP contribution is 2.28. The van der Waals surface area contributed by atoms with Gasteiger partial charge in [0.15, 0.2) is 0 Å². The molecule has 0 spiro atoms. The van der Waals surface area contributed by atoms with Crippen molar-refractivity contribution in [1.82, 2.24) is 19.4 Å². The van der Waals surface area contributed by atoms with Gasteiger partial charge in [-0.25, -0.2) is 14.2 Å². The van der Waals surface area contributed by atoms with Crippen molar-refractivity contribution in [3.63, 3.8) is 0 Å². The quantitative estimate of drug-likeness (QED) is 0.369. The second kappa shape index (κ2) is 11.1. The lowest BCUT2D eigenvalue weighted by molar-refractivity contribution is 0.186. The number of aromatic nitrogens is 3. The van der Waals surface area contributed by atoms with Gasteiger partial charge in [-0.2, -0.15) is 4.98 Å². The van der Waals surface area contributed by atoms with Gasteiger partial charge in [0.25, 0.3) is 5.56 Å². The number of piperidine rings is 1. The molecule has 1 atom stereocenters. The Labute approximate surface area is 231 Å². The fourth-order valence-electron chi connectivity index (χ4n) is 5.47. The highest BCUT2D eigenvalue weighted by molar-refractivity contribution is 5.89. The van der Waals surface area contributed by atoms with Crippen LogP contribution in [0, 0.1) is 12.7 Å². The first kappa shape index (κ1) is 25.9. The fourth-order valence-corrected chi connectivity index (χ4v) is 5.47. The van der Waals surface area contributed by atoms with Gasteiger partial charge < -0.3 is 20.3 Å². The summed E-state index contributed by atoms with van der Waals surface area (Å²) < 4.78 is 20.6. The molecule has 2 aliphatic rings. The van der Waals surface area contributed by atoms with Gasteiger partial charge in [0, 0.05) is 48.6 Å². The van der Waals surface area contributed by atoms with E-state index in [9.17, 15) is 14.0 Å². The van der Waals surface area contributed by atoms with E-state index in [1.165, 1.54) is 12.1 Å². The summed E-state index contributed by atoms with van der Waals surface area (Å²) in [5.74, 6) is 0.110. The minimum Gasteiger partial charge on any atom is -0.379 e. The smallest absolute Gasteiger partial charge is 0.321 e. The Balaban J connectivity index is 1.21. The van der Waals surface area contributed by atoms with E-state index >= 15 is 0 Å². The van der Waals surface area contributed by atoms with E-state index in [0.29, 0.717) is 62.0 Å². The average Bonchev–Trinajstić information content (AvgIpc) is 3.49. The Morgan fingerprint density at radius 2 is 1.82 bits per heavy atom. The minimum atomic E-state index is -0.346. The molecule has 2 saturated heterocycles. The summed E-state index contributed by atoms with van der Waals surface area (Å²) in [6.07, 6.45) is 3.95. The molecule has 0 unspecified atom stereocenters. The maximum absolute atomic E-state index is 13.8. The first-order valence-corrected chi connectivity index (χ1v) is 13.6. The fraction of sp³-hybridized carbons (Fsp3) is 0.333. The zero-order valence-corrected chi connectivity index (χ0v) is 22.3.